The molecule has 5 aromatic rings. The van der Waals surface area contributed by atoms with Crippen molar-refractivity contribution in [3.8, 4) is 17.6 Å². The number of halogens is 2. The Hall–Kier alpha value is -5.50. The van der Waals surface area contributed by atoms with Crippen LogP contribution in [0, 0.1) is 17.2 Å². The van der Waals surface area contributed by atoms with Crippen LogP contribution < -0.4 is 25.4 Å². The maximum atomic E-state index is 13.4. The number of carbonyl (C=O) groups excluding carboxylic acids is 2. The van der Waals surface area contributed by atoms with E-state index < -0.39 is 17.4 Å². The van der Waals surface area contributed by atoms with E-state index in [0.717, 1.165) is 111 Å². The number of rotatable bonds is 15. The molecule has 65 heavy (non-hydrogen) atoms. The number of alkyl halides is 1. The first-order valence-electron chi connectivity index (χ1n) is 22.3. The third kappa shape index (κ3) is 9.20. The Bertz CT molecular complexity index is 2680. The molecule has 340 valence electrons. The molecule has 15 nitrogen and oxygen atoms in total. The van der Waals surface area contributed by atoms with Gasteiger partial charge in [-0.05, 0) is 65.4 Å². The number of ether oxygens (including phenoxy) is 2. The number of nitrogens with zero attached hydrogens (tertiary/aromatic N) is 9. The number of imide groups is 1. The molecule has 0 aliphatic carbocycles. The van der Waals surface area contributed by atoms with E-state index in [-0.39, 0.29) is 24.6 Å². The first kappa shape index (κ1) is 44.7. The van der Waals surface area contributed by atoms with Crippen molar-refractivity contribution in [3.63, 3.8) is 0 Å². The second kappa shape index (κ2) is 18.8. The molecule has 0 bridgehead atoms. The van der Waals surface area contributed by atoms with Crippen LogP contribution in [0.4, 0.5) is 5.95 Å². The number of likely N-dealkylation sites (tertiary alicyclic amines) is 2. The largest absolute Gasteiger partial charge is 0.489 e. The molecule has 6 heterocycles. The van der Waals surface area contributed by atoms with Gasteiger partial charge in [0.15, 0.2) is 5.75 Å². The highest BCUT2D eigenvalue weighted by Gasteiger charge is 2.38. The molecule has 0 radical (unpaired) electrons. The SMILES string of the molecule is Cn1c(=O)n(C2CCC(=O)NC2=O)c2cccc(CN3CC(CN4CC(N5CCN(c6nccc(COc7ccc(C(C)(C)c8cc(Cl)c(OCCCl)c(C#N)c8)cc7)n6)CC5)C4)C3)c21. The molecule has 4 aliphatic rings. The van der Waals surface area contributed by atoms with Gasteiger partial charge in [-0.2, -0.15) is 5.26 Å². The maximum Gasteiger partial charge on any atom is 0.329 e. The van der Waals surface area contributed by atoms with Crippen LogP contribution in [0.2, 0.25) is 5.02 Å². The van der Waals surface area contributed by atoms with Crippen molar-refractivity contribution in [2.24, 2.45) is 13.0 Å². The summed E-state index contributed by atoms with van der Waals surface area (Å²) in [4.78, 5) is 57.1. The summed E-state index contributed by atoms with van der Waals surface area (Å²) in [6.07, 6.45) is 2.35. The molecular weight excluding hydrogens is 867 g/mol. The highest BCUT2D eigenvalue weighted by atomic mass is 35.5. The summed E-state index contributed by atoms with van der Waals surface area (Å²) in [5.74, 6) is 2.02. The number of hydrogen-bond donors (Lipinski definition) is 1. The summed E-state index contributed by atoms with van der Waals surface area (Å²) in [6.45, 7) is 14.5. The van der Waals surface area contributed by atoms with E-state index in [9.17, 15) is 19.6 Å². The molecule has 1 atom stereocenters. The second-order valence-electron chi connectivity index (χ2n) is 18.2. The lowest BCUT2D eigenvalue weighted by Gasteiger charge is -2.51. The van der Waals surface area contributed by atoms with Gasteiger partial charge in [-0.3, -0.25) is 38.7 Å². The number of anilines is 1. The van der Waals surface area contributed by atoms with Crippen LogP contribution in [0.1, 0.15) is 60.7 Å². The van der Waals surface area contributed by atoms with Gasteiger partial charge in [0, 0.05) is 96.6 Å². The van der Waals surface area contributed by atoms with Gasteiger partial charge in [0.05, 0.1) is 33.2 Å². The molecule has 0 saturated carbocycles. The number of benzene rings is 3. The zero-order chi connectivity index (χ0) is 45.4. The average Bonchev–Trinajstić information content (AvgIpc) is 3.54. The van der Waals surface area contributed by atoms with E-state index in [1.165, 1.54) is 0 Å². The molecule has 1 unspecified atom stereocenters. The van der Waals surface area contributed by atoms with Crippen LogP contribution >= 0.6 is 23.2 Å². The van der Waals surface area contributed by atoms with Crippen molar-refractivity contribution >= 4 is 52.0 Å². The molecule has 1 N–H and O–H groups in total. The van der Waals surface area contributed by atoms with E-state index in [0.29, 0.717) is 47.2 Å². The van der Waals surface area contributed by atoms with Crippen LogP contribution in [-0.4, -0.2) is 123 Å². The van der Waals surface area contributed by atoms with Gasteiger partial charge in [-0.1, -0.05) is 49.7 Å². The van der Waals surface area contributed by atoms with Crippen molar-refractivity contribution in [2.45, 2.75) is 57.3 Å². The number of fused-ring (bicyclic) bond motifs is 1. The molecule has 4 fully saturated rings. The van der Waals surface area contributed by atoms with Crippen LogP contribution in [0.15, 0.2) is 71.7 Å². The number of imidazole rings is 1. The van der Waals surface area contributed by atoms with Crippen molar-refractivity contribution < 1.29 is 19.1 Å². The second-order valence-corrected chi connectivity index (χ2v) is 19.0. The number of aryl methyl sites for hydroxylation is 1. The van der Waals surface area contributed by atoms with Crippen LogP contribution in [0.25, 0.3) is 11.0 Å². The molecular formula is C48H54Cl2N10O5. The summed E-state index contributed by atoms with van der Waals surface area (Å²) in [5, 5.41) is 12.6. The normalized spacial score (nSPS) is 19.2. The summed E-state index contributed by atoms with van der Waals surface area (Å²) in [7, 11) is 1.76. The summed E-state index contributed by atoms with van der Waals surface area (Å²) < 4.78 is 15.0. The summed E-state index contributed by atoms with van der Waals surface area (Å²) in [5.41, 5.74) is 5.11. The number of aromatic nitrogens is 4. The molecule has 9 rings (SSSR count). The first-order chi connectivity index (χ1) is 31.4. The Morgan fingerprint density at radius 3 is 2.43 bits per heavy atom. The van der Waals surface area contributed by atoms with Gasteiger partial charge < -0.3 is 14.4 Å². The van der Waals surface area contributed by atoms with Gasteiger partial charge in [0.25, 0.3) is 0 Å². The van der Waals surface area contributed by atoms with Gasteiger partial charge in [0.1, 0.15) is 31.1 Å². The van der Waals surface area contributed by atoms with E-state index in [2.05, 4.69) is 55.9 Å². The van der Waals surface area contributed by atoms with Crippen LogP contribution in [0.5, 0.6) is 11.5 Å². The average molecular weight is 922 g/mol. The predicted octanol–water partition coefficient (Wildman–Crippen LogP) is 5.09. The summed E-state index contributed by atoms with van der Waals surface area (Å²) >= 11 is 12.3. The Morgan fingerprint density at radius 2 is 1.71 bits per heavy atom. The standard InChI is InChI=1S/C48H54Cl2N10O5/c1-48(2,35-21-33(23-51)44(39(50)22-35)64-20-14-49)34-7-9-38(10-8-34)65-30-36-13-15-52-46(53-36)59-18-16-58(17-19-59)37-28-57(29-37)26-31-24-56(25-31)27-32-5-4-6-40-43(32)55(3)47(63)60(40)41-11-12-42(61)54-45(41)62/h4-10,13,15,21-22,31,37,41H,11-12,14,16-20,24-30H2,1-3H3,(H,54,61,62). The number of nitrogens with one attached hydrogen (secondary N) is 1. The number of amides is 2. The minimum atomic E-state index is -0.685. The van der Waals surface area contributed by atoms with Crippen LogP contribution in [-0.2, 0) is 35.2 Å². The van der Waals surface area contributed by atoms with E-state index in [1.54, 1.807) is 22.4 Å². The quantitative estimate of drug-likeness (QED) is 0.110. The third-order valence-corrected chi connectivity index (χ3v) is 14.0. The lowest BCUT2D eigenvalue weighted by Crippen LogP contribution is -2.65. The van der Waals surface area contributed by atoms with Crippen molar-refractivity contribution in [3.05, 3.63) is 110 Å². The number of piperazine rings is 1. The number of nitriles is 1. The highest BCUT2D eigenvalue weighted by Crippen LogP contribution is 2.39. The molecule has 2 amide bonds. The molecule has 2 aromatic heterocycles. The number of hydrogen-bond acceptors (Lipinski definition) is 12. The smallest absolute Gasteiger partial charge is 0.329 e. The summed E-state index contributed by atoms with van der Waals surface area (Å²) in [6, 6.07) is 21.5. The number of carbonyl (C=O) groups is 2. The third-order valence-electron chi connectivity index (χ3n) is 13.6. The monoisotopic (exact) mass is 920 g/mol. The molecule has 3 aromatic carbocycles. The zero-order valence-corrected chi connectivity index (χ0v) is 38.5. The van der Waals surface area contributed by atoms with E-state index in [4.69, 9.17) is 37.7 Å². The fourth-order valence-electron chi connectivity index (χ4n) is 9.85. The minimum absolute atomic E-state index is 0.223. The van der Waals surface area contributed by atoms with E-state index in [1.807, 2.05) is 54.6 Å². The van der Waals surface area contributed by atoms with Crippen molar-refractivity contribution in [1.82, 2.24) is 39.1 Å². The Balaban J connectivity index is 0.710. The van der Waals surface area contributed by atoms with Gasteiger partial charge in [-0.15, -0.1) is 11.6 Å². The highest BCUT2D eigenvalue weighted by molar-refractivity contribution is 6.32. The van der Waals surface area contributed by atoms with Gasteiger partial charge in [-0.25, -0.2) is 14.8 Å². The first-order valence-corrected chi connectivity index (χ1v) is 23.3. The minimum Gasteiger partial charge on any atom is -0.489 e. The fraction of sp³-hybridized carbons (Fsp3) is 0.458. The number of piperidine rings is 1. The molecule has 0 spiro atoms. The Morgan fingerprint density at radius 1 is 0.938 bits per heavy atom. The molecule has 17 heteroatoms. The lowest BCUT2D eigenvalue weighted by atomic mass is 9.77. The van der Waals surface area contributed by atoms with E-state index >= 15 is 0 Å². The Labute approximate surface area is 388 Å². The molecule has 4 aliphatic heterocycles. The van der Waals surface area contributed by atoms with Crippen molar-refractivity contribution in [1.29, 1.82) is 5.26 Å². The molecule has 4 saturated heterocycles. The Kier molecular flexibility index (Phi) is 12.9. The topological polar surface area (TPSA) is 154 Å². The van der Waals surface area contributed by atoms with Gasteiger partial charge >= 0.3 is 5.69 Å². The predicted molar refractivity (Wildman–Crippen MR) is 249 cm³/mol. The lowest BCUT2D eigenvalue weighted by molar-refractivity contribution is -0.135. The van der Waals surface area contributed by atoms with Gasteiger partial charge in [0.2, 0.25) is 17.8 Å². The number of para-hydroxylation sites is 1. The fourth-order valence-corrected chi connectivity index (χ4v) is 10.2. The van der Waals surface area contributed by atoms with Crippen LogP contribution in [0.3, 0.4) is 0 Å². The zero-order valence-electron chi connectivity index (χ0n) is 37.0. The van der Waals surface area contributed by atoms with Crippen molar-refractivity contribution in [2.75, 3.05) is 76.3 Å². The maximum absolute atomic E-state index is 13.4.